The number of aliphatic hydroxyl groups excluding tert-OH is 1. The highest BCUT2D eigenvalue weighted by Gasteiger charge is 2.44. The number of carbonyl (C=O) groups is 2. The van der Waals surface area contributed by atoms with Crippen LogP contribution in [0.25, 0.3) is 4.85 Å². The molecule has 3 rings (SSSR count). The van der Waals surface area contributed by atoms with Crippen LogP contribution in [0.15, 0.2) is 11.8 Å². The molecule has 3 atom stereocenters. The molecule has 2 fully saturated rings. The summed E-state index contributed by atoms with van der Waals surface area (Å²) >= 11 is 0. The number of rotatable bonds is 11. The van der Waals surface area contributed by atoms with Crippen LogP contribution in [0, 0.1) is 6.57 Å². The van der Waals surface area contributed by atoms with Gasteiger partial charge in [-0.15, -0.1) is 0 Å². The second kappa shape index (κ2) is 16.1. The number of hydrogen-bond donors (Lipinski definition) is 1. The lowest BCUT2D eigenvalue weighted by Crippen LogP contribution is -2.63. The first-order chi connectivity index (χ1) is 19.5. The summed E-state index contributed by atoms with van der Waals surface area (Å²) < 4.78 is 35.6. The van der Waals surface area contributed by atoms with Crippen molar-refractivity contribution in [2.45, 2.75) is 110 Å². The van der Waals surface area contributed by atoms with Gasteiger partial charge in [-0.3, -0.25) is 19.4 Å². The Bertz CT molecular complexity index is 907. The summed E-state index contributed by atoms with van der Waals surface area (Å²) in [5, 5.41) is 3.50. The van der Waals surface area contributed by atoms with E-state index in [1.165, 1.54) is 26.4 Å². The number of nitrogens with zero attached hydrogens (tertiary/aromatic N) is 4. The van der Waals surface area contributed by atoms with Gasteiger partial charge in [-0.2, -0.15) is 0 Å². The van der Waals surface area contributed by atoms with Gasteiger partial charge in [-0.05, 0) is 54.4 Å². The molecule has 1 saturated carbocycles. The number of aliphatic hydroxyl groups is 1. The number of morpholine rings is 1. The molecule has 0 aromatic rings. The zero-order chi connectivity index (χ0) is 30.6. The van der Waals surface area contributed by atoms with E-state index in [-0.39, 0.29) is 56.9 Å². The van der Waals surface area contributed by atoms with Gasteiger partial charge in [0.1, 0.15) is 18.4 Å². The zero-order valence-electron chi connectivity index (χ0n) is 26.6. The molecule has 10 nitrogen and oxygen atoms in total. The predicted molar refractivity (Wildman–Crippen MR) is 152 cm³/mol. The molecule has 2 aliphatic heterocycles. The first kappa shape index (κ1) is 30.5. The van der Waals surface area contributed by atoms with Gasteiger partial charge in [-0.1, -0.05) is 19.3 Å². The third-order valence-electron chi connectivity index (χ3n) is 7.13. The summed E-state index contributed by atoms with van der Waals surface area (Å²) in [5.74, 6) is -0.433. The Labute approximate surface area is 239 Å². The Morgan fingerprint density at radius 3 is 2.56 bits per heavy atom. The Morgan fingerprint density at radius 1 is 1.31 bits per heavy atom. The van der Waals surface area contributed by atoms with E-state index in [2.05, 4.69) is 47.2 Å². The zero-order valence-corrected chi connectivity index (χ0v) is 25.5. The van der Waals surface area contributed by atoms with Crippen molar-refractivity contribution in [3.05, 3.63) is 23.2 Å². The minimum atomic E-state index is -1.49. The normalized spacial score (nSPS) is 26.6. The van der Waals surface area contributed by atoms with Gasteiger partial charge < -0.3 is 23.7 Å². The molecule has 0 bridgehead atoms. The molecule has 2 heterocycles. The van der Waals surface area contributed by atoms with Crippen LogP contribution < -0.4 is 0 Å². The van der Waals surface area contributed by atoms with Crippen LogP contribution in [-0.4, -0.2) is 103 Å². The van der Waals surface area contributed by atoms with E-state index in [1.807, 2.05) is 0 Å². The van der Waals surface area contributed by atoms with Crippen LogP contribution in [0.5, 0.6) is 0 Å². The van der Waals surface area contributed by atoms with Gasteiger partial charge in [0.2, 0.25) is 13.9 Å². The Hall–Kier alpha value is -1.44. The molecular weight excluding hydrogens is 519 g/mol. The van der Waals surface area contributed by atoms with Gasteiger partial charge in [0.05, 0.1) is 13.0 Å². The lowest BCUT2D eigenvalue weighted by molar-refractivity contribution is -0.209. The molecule has 11 heteroatoms. The number of hydrogen-bond acceptors (Lipinski definition) is 8. The van der Waals surface area contributed by atoms with E-state index < -0.39 is 20.4 Å². The Balaban J connectivity index is 0.00000187. The average molecular weight is 572 g/mol. The smallest absolute Gasteiger partial charge is 0.259 e. The summed E-state index contributed by atoms with van der Waals surface area (Å²) in [6.07, 6.45) is 6.60. The van der Waals surface area contributed by atoms with Crippen LogP contribution in [0.3, 0.4) is 0 Å². The minimum absolute atomic E-state index is 0.0367. The number of carbonyl (C=O) groups excluding carboxylic acids is 2. The number of allylic oxidation sites excluding steroid dienone is 1. The SMILES string of the molecule is [2H]C[C@@]1(COP(OCC[N+]#[C-])N(C(C)C)C(C)C)CN(C2CCCCC2)C[C@H](N2C=C(C)C(=O)CC2=O)O1.[3H]OC. The molecular formula is C28H49N4O6P. The van der Waals surface area contributed by atoms with Crippen LogP contribution in [-0.2, 0) is 23.4 Å². The summed E-state index contributed by atoms with van der Waals surface area (Å²) in [6, 6.07) is 0.694. The molecule has 39 heavy (non-hydrogen) atoms. The topological polar surface area (TPSA) is 96.1 Å². The number of amides is 1. The van der Waals surface area contributed by atoms with Gasteiger partial charge >= 0.3 is 0 Å². The van der Waals surface area contributed by atoms with E-state index in [0.717, 1.165) is 12.8 Å². The largest absolute Gasteiger partial charge is 0.400 e. The van der Waals surface area contributed by atoms with E-state index in [1.54, 1.807) is 18.0 Å². The summed E-state index contributed by atoms with van der Waals surface area (Å²) in [7, 11) is -0.194. The van der Waals surface area contributed by atoms with Gasteiger partial charge in [-0.25, -0.2) is 11.2 Å². The molecule has 0 spiro atoms. The predicted octanol–water partition coefficient (Wildman–Crippen LogP) is 4.35. The molecule has 1 saturated heterocycles. The molecule has 0 aromatic heterocycles. The van der Waals surface area contributed by atoms with Crippen molar-refractivity contribution >= 4 is 20.2 Å². The van der Waals surface area contributed by atoms with Crippen molar-refractivity contribution in [2.75, 3.05) is 40.0 Å². The fourth-order valence-electron chi connectivity index (χ4n) is 5.39. The molecule has 1 amide bonds. The van der Waals surface area contributed by atoms with Crippen molar-refractivity contribution in [2.24, 2.45) is 0 Å². The van der Waals surface area contributed by atoms with Crippen LogP contribution in [0.2, 0.25) is 0 Å². The first-order valence-corrected chi connectivity index (χ1v) is 15.1. The average Bonchev–Trinajstić information content (AvgIpc) is 2.94. The van der Waals surface area contributed by atoms with Crippen molar-refractivity contribution in [1.82, 2.24) is 14.5 Å². The highest BCUT2D eigenvalue weighted by molar-refractivity contribution is 7.44. The lowest BCUT2D eigenvalue weighted by Gasteiger charge is -2.50. The van der Waals surface area contributed by atoms with E-state index >= 15 is 0 Å². The summed E-state index contributed by atoms with van der Waals surface area (Å²) in [4.78, 5) is 32.4. The molecule has 0 aromatic carbocycles. The maximum atomic E-state index is 12.9. The van der Waals surface area contributed by atoms with Crippen molar-refractivity contribution < 1.29 is 29.9 Å². The highest BCUT2D eigenvalue weighted by Crippen LogP contribution is 2.47. The highest BCUT2D eigenvalue weighted by atomic mass is 31.2. The van der Waals surface area contributed by atoms with E-state index in [0.29, 0.717) is 24.7 Å². The maximum absolute atomic E-state index is 12.9. The standard InChI is InChI=1S/C27H45N4O5P.CH4O/c1-20(2)31(21(3)4)37(34-14-13-28-7)35-19-27(6)18-29(23-11-9-8-10-12-23)17-26(36-27)30-16-22(5)24(32)15-25(30)33;1-2/h16,20-21,23,26H,8-15,17-19H2,1-6H3;2H,1H3/t26-,27+,37?;/m1./s1/i6D;2T. The lowest BCUT2D eigenvalue weighted by atomic mass is 9.92. The van der Waals surface area contributed by atoms with Crippen molar-refractivity contribution in [1.29, 1.82) is 1.43 Å². The Morgan fingerprint density at radius 2 is 1.97 bits per heavy atom. The summed E-state index contributed by atoms with van der Waals surface area (Å²) in [5.41, 5.74) is -0.426. The quantitative estimate of drug-likeness (QED) is 0.169. The Kier molecular flexibility index (Phi) is 12.6. The maximum Gasteiger partial charge on any atom is 0.259 e. The monoisotopic (exact) mass is 571 g/mol. The van der Waals surface area contributed by atoms with Crippen molar-refractivity contribution in [3.63, 3.8) is 0 Å². The van der Waals surface area contributed by atoms with Gasteiger partial charge in [0.15, 0.2) is 5.78 Å². The third kappa shape index (κ3) is 9.57. The van der Waals surface area contributed by atoms with E-state index in [9.17, 15) is 9.59 Å². The molecule has 1 aliphatic carbocycles. The molecule has 1 N–H and O–H groups in total. The molecule has 3 aliphatic rings. The molecule has 222 valence electrons. The van der Waals surface area contributed by atoms with Gasteiger partial charge in [0.25, 0.3) is 8.53 Å². The van der Waals surface area contributed by atoms with Crippen LogP contribution in [0.1, 0.15) is 81.4 Å². The fourth-order valence-corrected chi connectivity index (χ4v) is 7.07. The van der Waals surface area contributed by atoms with Gasteiger partial charge in [0, 0.05) is 51.5 Å². The first-order valence-electron chi connectivity index (χ1n) is 15.0. The second-order valence-electron chi connectivity index (χ2n) is 11.0. The summed E-state index contributed by atoms with van der Waals surface area (Å²) in [6.45, 7) is 18.9. The molecule has 1 unspecified atom stereocenters. The second-order valence-corrected chi connectivity index (χ2v) is 12.4. The number of ketones is 1. The fraction of sp³-hybridized carbons (Fsp3) is 0.821. The third-order valence-corrected chi connectivity index (χ3v) is 9.19. The van der Waals surface area contributed by atoms with Crippen LogP contribution in [0.4, 0.5) is 0 Å². The van der Waals surface area contributed by atoms with Crippen molar-refractivity contribution in [3.8, 4) is 0 Å². The number of ether oxygens (including phenoxy) is 1. The minimum Gasteiger partial charge on any atom is -0.400 e. The van der Waals surface area contributed by atoms with Crippen LogP contribution >= 0.6 is 8.53 Å². The number of Topliss-reactive ketones (excluding diaryl/α,β-unsaturated/α-hetero) is 1. The molecule has 0 radical (unpaired) electrons. The van der Waals surface area contributed by atoms with E-state index in [4.69, 9.17) is 23.2 Å².